The monoisotopic (exact) mass is 450 g/mol. The van der Waals surface area contributed by atoms with Gasteiger partial charge in [-0.1, -0.05) is 12.1 Å². The molecule has 1 amide bonds. The number of benzene rings is 2. The molecule has 0 unspecified atom stereocenters. The lowest BCUT2D eigenvalue weighted by Crippen LogP contribution is -2.32. The second kappa shape index (κ2) is 9.07. The fraction of sp³-hybridized carbons (Fsp3) is 0.320. The van der Waals surface area contributed by atoms with E-state index in [2.05, 4.69) is 0 Å². The topological polar surface area (TPSA) is 89.3 Å². The first-order chi connectivity index (χ1) is 15.8. The third kappa shape index (κ3) is 4.09. The number of carbonyl (C=O) groups is 2. The lowest BCUT2D eigenvalue weighted by atomic mass is 9.97. The van der Waals surface area contributed by atoms with Gasteiger partial charge in [-0.2, -0.15) is 0 Å². The van der Waals surface area contributed by atoms with Gasteiger partial charge in [0.2, 0.25) is 5.76 Å². The standard InChI is InChI=1S/C25H26N2O6/c1-26(2)12-5-13-27-21(15-6-8-16(9-7-15)25(30)32-4)20-22(28)18-11-10-17(31-3)14-19(18)33-23(20)24(27)29/h6-11,14,21H,5,12-13H2,1-4H3/t21-/m0/s1. The Morgan fingerprint density at radius 2 is 1.82 bits per heavy atom. The molecule has 8 nitrogen and oxygen atoms in total. The van der Waals surface area contributed by atoms with Crippen LogP contribution < -0.4 is 10.2 Å². The molecule has 0 fully saturated rings. The molecule has 4 rings (SSSR count). The van der Waals surface area contributed by atoms with Gasteiger partial charge in [0.15, 0.2) is 5.43 Å². The van der Waals surface area contributed by atoms with Crippen molar-refractivity contribution in [2.24, 2.45) is 0 Å². The zero-order valence-electron chi connectivity index (χ0n) is 19.1. The van der Waals surface area contributed by atoms with Crippen LogP contribution in [0.25, 0.3) is 11.0 Å². The molecule has 1 aliphatic heterocycles. The van der Waals surface area contributed by atoms with E-state index < -0.39 is 12.0 Å². The molecule has 0 bridgehead atoms. The number of fused-ring (bicyclic) bond motifs is 2. The summed E-state index contributed by atoms with van der Waals surface area (Å²) in [7, 11) is 6.78. The number of carbonyl (C=O) groups excluding carboxylic acids is 2. The minimum absolute atomic E-state index is 0.0488. The molecule has 3 aromatic rings. The Bertz CT molecular complexity index is 1260. The van der Waals surface area contributed by atoms with Crippen LogP contribution in [0.3, 0.4) is 0 Å². The van der Waals surface area contributed by atoms with Crippen LogP contribution in [-0.2, 0) is 4.74 Å². The second-order valence-corrected chi connectivity index (χ2v) is 8.21. The maximum atomic E-state index is 13.5. The van der Waals surface area contributed by atoms with Crippen molar-refractivity contribution in [3.63, 3.8) is 0 Å². The molecule has 0 spiro atoms. The largest absolute Gasteiger partial charge is 0.497 e. The summed E-state index contributed by atoms with van der Waals surface area (Å²) in [5, 5.41) is 0.383. The van der Waals surface area contributed by atoms with Crippen molar-refractivity contribution >= 4 is 22.8 Å². The molecule has 0 N–H and O–H groups in total. The number of nitrogens with zero attached hydrogens (tertiary/aromatic N) is 2. The highest BCUT2D eigenvalue weighted by Gasteiger charge is 2.42. The molecule has 8 heteroatoms. The summed E-state index contributed by atoms with van der Waals surface area (Å²) >= 11 is 0. The minimum atomic E-state index is -0.607. The second-order valence-electron chi connectivity index (χ2n) is 8.21. The van der Waals surface area contributed by atoms with Crippen LogP contribution in [0, 0.1) is 0 Å². The lowest BCUT2D eigenvalue weighted by Gasteiger charge is -2.25. The molecule has 1 aromatic heterocycles. The van der Waals surface area contributed by atoms with Crippen LogP contribution in [0.1, 0.15) is 44.5 Å². The van der Waals surface area contributed by atoms with Gasteiger partial charge in [-0.3, -0.25) is 9.59 Å². The molecule has 0 radical (unpaired) electrons. The molecule has 0 saturated heterocycles. The Labute approximate surface area is 191 Å². The highest BCUT2D eigenvalue weighted by Crippen LogP contribution is 2.38. The van der Waals surface area contributed by atoms with E-state index in [-0.39, 0.29) is 17.1 Å². The predicted octanol–water partition coefficient (Wildman–Crippen LogP) is 3.09. The Kier molecular flexibility index (Phi) is 6.20. The van der Waals surface area contributed by atoms with Crippen LogP contribution in [0.15, 0.2) is 51.7 Å². The van der Waals surface area contributed by atoms with E-state index in [4.69, 9.17) is 13.9 Å². The zero-order valence-corrected chi connectivity index (χ0v) is 19.1. The lowest BCUT2D eigenvalue weighted by molar-refractivity contribution is 0.0600. The molecular weight excluding hydrogens is 424 g/mol. The fourth-order valence-electron chi connectivity index (χ4n) is 4.18. The smallest absolute Gasteiger partial charge is 0.337 e. The van der Waals surface area contributed by atoms with E-state index in [1.54, 1.807) is 47.4 Å². The molecule has 1 aliphatic rings. The summed E-state index contributed by atoms with van der Waals surface area (Å²) in [6.45, 7) is 1.23. The molecular formula is C25H26N2O6. The summed E-state index contributed by atoms with van der Waals surface area (Å²) in [4.78, 5) is 42.5. The third-order valence-corrected chi connectivity index (χ3v) is 5.83. The maximum absolute atomic E-state index is 13.5. The van der Waals surface area contributed by atoms with Gasteiger partial charge in [0.1, 0.15) is 11.3 Å². The SMILES string of the molecule is COC(=O)c1ccc([C@H]2c3c(oc4cc(OC)ccc4c3=O)C(=O)N2CCCN(C)C)cc1. The number of amides is 1. The van der Waals surface area contributed by atoms with Gasteiger partial charge in [-0.25, -0.2) is 4.79 Å². The van der Waals surface area contributed by atoms with Crippen molar-refractivity contribution in [1.29, 1.82) is 0 Å². The van der Waals surface area contributed by atoms with E-state index in [0.717, 1.165) is 18.5 Å². The molecule has 0 saturated carbocycles. The van der Waals surface area contributed by atoms with Crippen molar-refractivity contribution in [3.05, 3.63) is 75.1 Å². The fourth-order valence-corrected chi connectivity index (χ4v) is 4.18. The van der Waals surface area contributed by atoms with E-state index >= 15 is 0 Å². The van der Waals surface area contributed by atoms with Gasteiger partial charge in [0, 0.05) is 12.6 Å². The Morgan fingerprint density at radius 1 is 1.09 bits per heavy atom. The normalized spacial score (nSPS) is 15.2. The Balaban J connectivity index is 1.84. The third-order valence-electron chi connectivity index (χ3n) is 5.83. The highest BCUT2D eigenvalue weighted by molar-refractivity contribution is 5.99. The van der Waals surface area contributed by atoms with E-state index in [1.165, 1.54) is 14.2 Å². The van der Waals surface area contributed by atoms with Crippen LogP contribution >= 0.6 is 0 Å². The van der Waals surface area contributed by atoms with Crippen molar-refractivity contribution in [1.82, 2.24) is 9.80 Å². The molecule has 2 heterocycles. The minimum Gasteiger partial charge on any atom is -0.497 e. The van der Waals surface area contributed by atoms with Gasteiger partial charge < -0.3 is 23.7 Å². The van der Waals surface area contributed by atoms with E-state index in [0.29, 0.717) is 34.4 Å². The number of ether oxygens (including phenoxy) is 2. The first kappa shape index (κ1) is 22.5. The quantitative estimate of drug-likeness (QED) is 0.511. The maximum Gasteiger partial charge on any atom is 0.337 e. The van der Waals surface area contributed by atoms with Gasteiger partial charge in [-0.05, 0) is 56.9 Å². The highest BCUT2D eigenvalue weighted by atomic mass is 16.5. The number of rotatable bonds is 7. The van der Waals surface area contributed by atoms with Crippen molar-refractivity contribution < 1.29 is 23.5 Å². The number of hydrogen-bond acceptors (Lipinski definition) is 7. The van der Waals surface area contributed by atoms with Crippen molar-refractivity contribution in [3.8, 4) is 5.75 Å². The first-order valence-corrected chi connectivity index (χ1v) is 10.6. The summed E-state index contributed by atoms with van der Waals surface area (Å²) in [6.07, 6.45) is 0.727. The Hall–Kier alpha value is -3.65. The van der Waals surface area contributed by atoms with Crippen molar-refractivity contribution in [2.45, 2.75) is 12.5 Å². The van der Waals surface area contributed by atoms with Crippen molar-refractivity contribution in [2.75, 3.05) is 41.4 Å². The van der Waals surface area contributed by atoms with Gasteiger partial charge >= 0.3 is 5.97 Å². The Morgan fingerprint density at radius 3 is 2.45 bits per heavy atom. The van der Waals surface area contributed by atoms with Crippen LogP contribution in [0.4, 0.5) is 0 Å². The van der Waals surface area contributed by atoms with Crippen LogP contribution in [0.2, 0.25) is 0 Å². The number of esters is 1. The zero-order chi connectivity index (χ0) is 23.7. The number of methoxy groups -OCH3 is 2. The molecule has 2 aromatic carbocycles. The summed E-state index contributed by atoms with van der Waals surface area (Å²) in [6, 6.07) is 11.1. The average Bonchev–Trinajstić information content (AvgIpc) is 3.10. The first-order valence-electron chi connectivity index (χ1n) is 10.6. The number of hydrogen-bond donors (Lipinski definition) is 0. The summed E-state index contributed by atoms with van der Waals surface area (Å²) in [5.74, 6) is -0.194. The van der Waals surface area contributed by atoms with Crippen LogP contribution in [-0.4, -0.2) is 63.1 Å². The summed E-state index contributed by atoms with van der Waals surface area (Å²) in [5.41, 5.74) is 1.48. The van der Waals surface area contributed by atoms with Gasteiger partial charge in [0.05, 0.1) is 36.8 Å². The van der Waals surface area contributed by atoms with Gasteiger partial charge in [0.25, 0.3) is 5.91 Å². The van der Waals surface area contributed by atoms with Crippen LogP contribution in [0.5, 0.6) is 5.75 Å². The van der Waals surface area contributed by atoms with Gasteiger partial charge in [-0.15, -0.1) is 0 Å². The molecule has 1 atom stereocenters. The average molecular weight is 450 g/mol. The molecule has 33 heavy (non-hydrogen) atoms. The molecule has 172 valence electrons. The van der Waals surface area contributed by atoms with E-state index in [1.807, 2.05) is 19.0 Å². The van der Waals surface area contributed by atoms with E-state index in [9.17, 15) is 14.4 Å². The predicted molar refractivity (Wildman–Crippen MR) is 123 cm³/mol. The summed E-state index contributed by atoms with van der Waals surface area (Å²) < 4.78 is 16.0. The molecule has 0 aliphatic carbocycles.